The molecule has 0 saturated carbocycles. The van der Waals surface area contributed by atoms with Crippen LogP contribution in [-0.4, -0.2) is 55.8 Å². The Morgan fingerprint density at radius 2 is 2.22 bits per heavy atom. The van der Waals surface area contributed by atoms with Crippen molar-refractivity contribution < 1.29 is 23.1 Å². The molecule has 6 nitrogen and oxygen atoms in total. The maximum Gasteiger partial charge on any atom is 0.308 e. The molecule has 1 saturated heterocycles. The molecule has 0 amide bonds. The number of carbonyl (C=O) groups is 1. The summed E-state index contributed by atoms with van der Waals surface area (Å²) in [6, 6.07) is 0. The number of aliphatic hydroxyl groups is 1. The first-order chi connectivity index (χ1) is 8.26. The van der Waals surface area contributed by atoms with E-state index in [1.165, 1.54) is 0 Å². The number of ether oxygens (including phenoxy) is 1. The first kappa shape index (κ1) is 15.4. The predicted octanol–water partition coefficient (Wildman–Crippen LogP) is -0.533. The van der Waals surface area contributed by atoms with Crippen molar-refractivity contribution in [2.45, 2.75) is 38.3 Å². The van der Waals surface area contributed by atoms with E-state index in [9.17, 15) is 18.3 Å². The normalized spacial score (nSPS) is 27.9. The molecular weight excluding hydrogens is 258 g/mol. The molecule has 0 aliphatic carbocycles. The van der Waals surface area contributed by atoms with E-state index in [0.29, 0.717) is 6.42 Å². The number of esters is 1. The second kappa shape index (κ2) is 5.99. The number of rotatable bonds is 6. The lowest BCUT2D eigenvalue weighted by Gasteiger charge is -2.25. The maximum absolute atomic E-state index is 11.4. The van der Waals surface area contributed by atoms with Gasteiger partial charge in [-0.05, 0) is 20.3 Å². The minimum Gasteiger partial charge on any atom is -0.466 e. The van der Waals surface area contributed by atoms with Crippen LogP contribution in [0.3, 0.4) is 0 Å². The molecule has 1 fully saturated rings. The molecule has 0 spiro atoms. The second-order valence-electron chi connectivity index (χ2n) is 4.95. The minimum atomic E-state index is -2.97. The standard InChI is InChI=1S/C11H21NO5S/c1-3-17-10(14)6-9(13)7-12-11(2)4-5-18(15,16)8-11/h9,12-13H,3-8H2,1-2H3. The van der Waals surface area contributed by atoms with Gasteiger partial charge in [0, 0.05) is 12.1 Å². The number of hydrogen-bond acceptors (Lipinski definition) is 6. The fraction of sp³-hybridized carbons (Fsp3) is 0.909. The Morgan fingerprint density at radius 3 is 2.72 bits per heavy atom. The van der Waals surface area contributed by atoms with Crippen LogP contribution in [0.15, 0.2) is 0 Å². The fourth-order valence-corrected chi connectivity index (χ4v) is 4.12. The zero-order valence-corrected chi connectivity index (χ0v) is 11.6. The summed E-state index contributed by atoms with van der Waals surface area (Å²) < 4.78 is 27.5. The maximum atomic E-state index is 11.4. The summed E-state index contributed by atoms with van der Waals surface area (Å²) in [6.07, 6.45) is -0.408. The Labute approximate surface area is 108 Å². The van der Waals surface area contributed by atoms with Crippen LogP contribution in [-0.2, 0) is 19.4 Å². The minimum absolute atomic E-state index is 0.0755. The monoisotopic (exact) mass is 279 g/mol. The van der Waals surface area contributed by atoms with Gasteiger partial charge in [0.2, 0.25) is 0 Å². The molecule has 0 aromatic rings. The summed E-state index contributed by atoms with van der Waals surface area (Å²) in [5, 5.41) is 12.7. The topological polar surface area (TPSA) is 92.7 Å². The highest BCUT2D eigenvalue weighted by atomic mass is 32.2. The van der Waals surface area contributed by atoms with Crippen LogP contribution in [0.25, 0.3) is 0 Å². The Bertz CT molecular complexity index is 394. The Kier molecular flexibility index (Phi) is 5.12. The molecule has 106 valence electrons. The molecule has 1 aliphatic rings. The second-order valence-corrected chi connectivity index (χ2v) is 7.13. The van der Waals surface area contributed by atoms with Gasteiger partial charge >= 0.3 is 5.97 Å². The lowest BCUT2D eigenvalue weighted by atomic mass is 10.0. The van der Waals surface area contributed by atoms with Gasteiger partial charge in [-0.2, -0.15) is 0 Å². The Balaban J connectivity index is 2.35. The molecule has 1 heterocycles. The molecule has 18 heavy (non-hydrogen) atoms. The lowest BCUT2D eigenvalue weighted by molar-refractivity contribution is -0.145. The first-order valence-corrected chi connectivity index (χ1v) is 7.87. The third-order valence-electron chi connectivity index (χ3n) is 2.98. The molecule has 0 aromatic carbocycles. The van der Waals surface area contributed by atoms with Gasteiger partial charge in [-0.3, -0.25) is 4.79 Å². The summed E-state index contributed by atoms with van der Waals surface area (Å²) in [4.78, 5) is 11.1. The summed E-state index contributed by atoms with van der Waals surface area (Å²) in [7, 11) is -2.97. The van der Waals surface area contributed by atoms with Crippen LogP contribution in [0, 0.1) is 0 Å². The Morgan fingerprint density at radius 1 is 1.56 bits per heavy atom. The van der Waals surface area contributed by atoms with E-state index in [-0.39, 0.29) is 31.1 Å². The van der Waals surface area contributed by atoms with Crippen molar-refractivity contribution in [3.8, 4) is 0 Å². The SMILES string of the molecule is CCOC(=O)CC(O)CNC1(C)CCS(=O)(=O)C1. The molecule has 1 rings (SSSR count). The van der Waals surface area contributed by atoms with Crippen molar-refractivity contribution in [3.63, 3.8) is 0 Å². The van der Waals surface area contributed by atoms with Gasteiger partial charge in [0.15, 0.2) is 9.84 Å². The van der Waals surface area contributed by atoms with Gasteiger partial charge in [-0.15, -0.1) is 0 Å². The van der Waals surface area contributed by atoms with Crippen LogP contribution < -0.4 is 5.32 Å². The fourth-order valence-electron chi connectivity index (χ4n) is 2.00. The zero-order valence-electron chi connectivity index (χ0n) is 10.8. The van der Waals surface area contributed by atoms with E-state index in [4.69, 9.17) is 4.74 Å². The smallest absolute Gasteiger partial charge is 0.308 e. The van der Waals surface area contributed by atoms with Gasteiger partial charge < -0.3 is 15.2 Å². The summed E-state index contributed by atoms with van der Waals surface area (Å²) in [5.74, 6) is -0.202. The van der Waals surface area contributed by atoms with Crippen LogP contribution in [0.1, 0.15) is 26.7 Å². The van der Waals surface area contributed by atoms with Crippen molar-refractivity contribution in [2.24, 2.45) is 0 Å². The lowest BCUT2D eigenvalue weighted by Crippen LogP contribution is -2.47. The van der Waals surface area contributed by atoms with E-state index >= 15 is 0 Å². The number of hydrogen-bond donors (Lipinski definition) is 2. The number of nitrogens with one attached hydrogen (secondary N) is 1. The number of sulfone groups is 1. The largest absolute Gasteiger partial charge is 0.466 e. The molecule has 2 unspecified atom stereocenters. The number of β-amino-alcohol motifs (C(OH)–C–C–N with tert-alkyl or cyclic N) is 1. The summed E-state index contributed by atoms with van der Waals surface area (Å²) >= 11 is 0. The number of carbonyl (C=O) groups excluding carboxylic acids is 1. The van der Waals surface area contributed by atoms with Crippen LogP contribution in [0.4, 0.5) is 0 Å². The van der Waals surface area contributed by atoms with Gasteiger partial charge in [-0.25, -0.2) is 8.42 Å². The highest BCUT2D eigenvalue weighted by Crippen LogP contribution is 2.22. The zero-order chi connectivity index (χ0) is 13.8. The van der Waals surface area contributed by atoms with E-state index in [1.807, 2.05) is 6.92 Å². The third-order valence-corrected chi connectivity index (χ3v) is 4.88. The number of aliphatic hydroxyl groups excluding tert-OH is 1. The average molecular weight is 279 g/mol. The van der Waals surface area contributed by atoms with E-state index in [0.717, 1.165) is 0 Å². The molecule has 7 heteroatoms. The molecule has 1 aliphatic heterocycles. The van der Waals surface area contributed by atoms with Gasteiger partial charge in [-0.1, -0.05) is 0 Å². The van der Waals surface area contributed by atoms with Gasteiger partial charge in [0.25, 0.3) is 0 Å². The highest BCUT2D eigenvalue weighted by Gasteiger charge is 2.38. The first-order valence-electron chi connectivity index (χ1n) is 6.05. The third kappa shape index (κ3) is 4.91. The van der Waals surface area contributed by atoms with Crippen LogP contribution in [0.5, 0.6) is 0 Å². The molecule has 2 atom stereocenters. The van der Waals surface area contributed by atoms with E-state index in [2.05, 4.69) is 5.32 Å². The molecular formula is C11H21NO5S. The van der Waals surface area contributed by atoms with Crippen LogP contribution >= 0.6 is 0 Å². The quantitative estimate of drug-likeness (QED) is 0.635. The molecule has 0 bridgehead atoms. The van der Waals surface area contributed by atoms with Crippen LogP contribution in [0.2, 0.25) is 0 Å². The predicted molar refractivity (Wildman–Crippen MR) is 66.9 cm³/mol. The highest BCUT2D eigenvalue weighted by molar-refractivity contribution is 7.91. The van der Waals surface area contributed by atoms with E-state index < -0.39 is 27.4 Å². The van der Waals surface area contributed by atoms with Crippen molar-refractivity contribution in [2.75, 3.05) is 24.7 Å². The van der Waals surface area contributed by atoms with Crippen molar-refractivity contribution >= 4 is 15.8 Å². The summed E-state index contributed by atoms with van der Waals surface area (Å²) in [5.41, 5.74) is -0.505. The van der Waals surface area contributed by atoms with Gasteiger partial charge in [0.1, 0.15) is 0 Å². The molecule has 0 radical (unpaired) electrons. The van der Waals surface area contributed by atoms with Gasteiger partial charge in [0.05, 0.1) is 30.6 Å². The van der Waals surface area contributed by atoms with E-state index in [1.54, 1.807) is 6.92 Å². The van der Waals surface area contributed by atoms with Crippen molar-refractivity contribution in [1.82, 2.24) is 5.32 Å². The molecule has 2 N–H and O–H groups in total. The molecule has 0 aromatic heterocycles. The Hall–Kier alpha value is -0.660. The summed E-state index contributed by atoms with van der Waals surface area (Å²) in [6.45, 7) is 3.99. The van der Waals surface area contributed by atoms with Crippen molar-refractivity contribution in [3.05, 3.63) is 0 Å². The average Bonchev–Trinajstić information content (AvgIpc) is 2.51. The van der Waals surface area contributed by atoms with Crippen molar-refractivity contribution in [1.29, 1.82) is 0 Å².